The van der Waals surface area contributed by atoms with E-state index in [1.807, 2.05) is 7.11 Å². The molecule has 3 rings (SSSR count). The van der Waals surface area contributed by atoms with Crippen LogP contribution in [0.2, 0.25) is 0 Å². The van der Waals surface area contributed by atoms with Crippen molar-refractivity contribution in [3.8, 4) is 0 Å². The van der Waals surface area contributed by atoms with E-state index in [9.17, 15) is 0 Å². The third kappa shape index (κ3) is 3.87. The highest BCUT2D eigenvalue weighted by Gasteiger charge is 2.30. The Kier molecular flexibility index (Phi) is 5.32. The molecule has 3 atom stereocenters. The molecular weight excluding hydrogens is 258 g/mol. The Morgan fingerprint density at radius 3 is 2.43 bits per heavy atom. The van der Waals surface area contributed by atoms with Crippen LogP contribution in [0.25, 0.3) is 0 Å². The molecule has 2 saturated carbocycles. The molecule has 0 bridgehead atoms. The molecule has 1 aromatic carbocycles. The van der Waals surface area contributed by atoms with Gasteiger partial charge in [-0.05, 0) is 43.6 Å². The molecule has 2 nitrogen and oxygen atoms in total. The molecule has 2 aliphatic rings. The van der Waals surface area contributed by atoms with Gasteiger partial charge in [-0.15, -0.1) is 0 Å². The largest absolute Gasteiger partial charge is 0.381 e. The zero-order valence-electron chi connectivity index (χ0n) is 13.3. The van der Waals surface area contributed by atoms with E-state index in [2.05, 4.69) is 35.6 Å². The molecule has 1 aromatic rings. The molecule has 2 aliphatic carbocycles. The van der Waals surface area contributed by atoms with Gasteiger partial charge in [0.05, 0.1) is 6.10 Å². The van der Waals surface area contributed by atoms with Gasteiger partial charge >= 0.3 is 0 Å². The molecule has 0 spiro atoms. The van der Waals surface area contributed by atoms with Gasteiger partial charge < -0.3 is 10.1 Å². The van der Waals surface area contributed by atoms with Crippen LogP contribution in [0.15, 0.2) is 30.3 Å². The second-order valence-corrected chi connectivity index (χ2v) is 6.82. The molecule has 0 aliphatic heterocycles. The minimum Gasteiger partial charge on any atom is -0.381 e. The summed E-state index contributed by atoms with van der Waals surface area (Å²) in [6, 6.07) is 12.2. The number of hydrogen-bond donors (Lipinski definition) is 1. The lowest BCUT2D eigenvalue weighted by Gasteiger charge is -2.33. The first kappa shape index (κ1) is 15.1. The van der Waals surface area contributed by atoms with E-state index in [1.54, 1.807) is 0 Å². The van der Waals surface area contributed by atoms with Crippen molar-refractivity contribution in [3.05, 3.63) is 35.9 Å². The van der Waals surface area contributed by atoms with E-state index >= 15 is 0 Å². The van der Waals surface area contributed by atoms with Crippen molar-refractivity contribution >= 4 is 0 Å². The van der Waals surface area contributed by atoms with Crippen LogP contribution in [-0.2, 0) is 4.74 Å². The molecule has 3 unspecified atom stereocenters. The highest BCUT2D eigenvalue weighted by molar-refractivity contribution is 5.20. The fourth-order valence-corrected chi connectivity index (χ4v) is 4.19. The molecule has 2 heteroatoms. The van der Waals surface area contributed by atoms with Crippen LogP contribution < -0.4 is 5.32 Å². The zero-order chi connectivity index (χ0) is 14.5. The zero-order valence-corrected chi connectivity index (χ0v) is 13.3. The quantitative estimate of drug-likeness (QED) is 0.863. The average Bonchev–Trinajstić information content (AvgIpc) is 3.02. The first-order valence-electron chi connectivity index (χ1n) is 8.70. The minimum absolute atomic E-state index is 0.463. The van der Waals surface area contributed by atoms with Gasteiger partial charge in [-0.3, -0.25) is 0 Å². The molecule has 0 heterocycles. The predicted molar refractivity (Wildman–Crippen MR) is 87.3 cm³/mol. The third-order valence-corrected chi connectivity index (χ3v) is 5.41. The van der Waals surface area contributed by atoms with Crippen LogP contribution in [-0.4, -0.2) is 19.3 Å². The van der Waals surface area contributed by atoms with E-state index in [1.165, 1.54) is 56.9 Å². The standard InChI is InChI=1S/C19H29NO/c1-21-18-13-12-17(14-18)20-19(15-8-4-2-5-9-15)16-10-6-3-7-11-16/h2,4-5,8-9,16-20H,3,6-7,10-14H2,1H3. The minimum atomic E-state index is 0.463. The van der Waals surface area contributed by atoms with Crippen molar-refractivity contribution in [3.63, 3.8) is 0 Å². The Labute approximate surface area is 129 Å². The Bertz CT molecular complexity index is 413. The van der Waals surface area contributed by atoms with E-state index in [4.69, 9.17) is 4.74 Å². The van der Waals surface area contributed by atoms with E-state index in [0.29, 0.717) is 18.2 Å². The number of methoxy groups -OCH3 is 1. The first-order valence-corrected chi connectivity index (χ1v) is 8.70. The number of benzene rings is 1. The third-order valence-electron chi connectivity index (χ3n) is 5.41. The lowest BCUT2D eigenvalue weighted by Crippen LogP contribution is -2.36. The molecule has 1 N–H and O–H groups in total. The summed E-state index contributed by atoms with van der Waals surface area (Å²) in [5.41, 5.74) is 1.48. The molecule has 116 valence electrons. The highest BCUT2D eigenvalue weighted by atomic mass is 16.5. The van der Waals surface area contributed by atoms with Gasteiger partial charge in [-0.2, -0.15) is 0 Å². The lowest BCUT2D eigenvalue weighted by molar-refractivity contribution is 0.105. The highest BCUT2D eigenvalue weighted by Crippen LogP contribution is 2.36. The van der Waals surface area contributed by atoms with Crippen LogP contribution >= 0.6 is 0 Å². The van der Waals surface area contributed by atoms with Crippen molar-refractivity contribution in [2.45, 2.75) is 69.6 Å². The summed E-state index contributed by atoms with van der Waals surface area (Å²) in [5.74, 6) is 0.808. The van der Waals surface area contributed by atoms with Gasteiger partial charge in [-0.25, -0.2) is 0 Å². The second kappa shape index (κ2) is 7.42. The average molecular weight is 287 g/mol. The van der Waals surface area contributed by atoms with Crippen molar-refractivity contribution in [1.82, 2.24) is 5.32 Å². The molecule has 2 fully saturated rings. The number of nitrogens with one attached hydrogen (secondary N) is 1. The maximum atomic E-state index is 5.53. The SMILES string of the molecule is COC1CCC(NC(c2ccccc2)C2CCCCC2)C1. The van der Waals surface area contributed by atoms with Gasteiger partial charge in [0.1, 0.15) is 0 Å². The summed E-state index contributed by atoms with van der Waals surface area (Å²) in [6.07, 6.45) is 11.1. The Balaban J connectivity index is 1.70. The lowest BCUT2D eigenvalue weighted by atomic mass is 9.80. The van der Waals surface area contributed by atoms with Gasteiger partial charge in [0, 0.05) is 19.2 Å². The normalized spacial score (nSPS) is 28.6. The van der Waals surface area contributed by atoms with E-state index in [0.717, 1.165) is 5.92 Å². The van der Waals surface area contributed by atoms with E-state index in [-0.39, 0.29) is 0 Å². The molecule has 0 amide bonds. The molecule has 0 saturated heterocycles. The smallest absolute Gasteiger partial charge is 0.0586 e. The Morgan fingerprint density at radius 2 is 1.76 bits per heavy atom. The van der Waals surface area contributed by atoms with Crippen molar-refractivity contribution in [2.75, 3.05) is 7.11 Å². The summed E-state index contributed by atoms with van der Waals surface area (Å²) in [4.78, 5) is 0. The van der Waals surface area contributed by atoms with Crippen LogP contribution in [0.3, 0.4) is 0 Å². The first-order chi connectivity index (χ1) is 10.4. The maximum absolute atomic E-state index is 5.53. The number of rotatable bonds is 5. The Hall–Kier alpha value is -0.860. The number of ether oxygens (including phenoxy) is 1. The molecule has 0 radical (unpaired) electrons. The maximum Gasteiger partial charge on any atom is 0.0586 e. The fraction of sp³-hybridized carbons (Fsp3) is 0.684. The van der Waals surface area contributed by atoms with Gasteiger partial charge in [-0.1, -0.05) is 49.6 Å². The van der Waals surface area contributed by atoms with Crippen LogP contribution in [0.1, 0.15) is 63.0 Å². The van der Waals surface area contributed by atoms with Crippen molar-refractivity contribution < 1.29 is 4.74 Å². The summed E-state index contributed by atoms with van der Waals surface area (Å²) >= 11 is 0. The Morgan fingerprint density at radius 1 is 1.00 bits per heavy atom. The summed E-state index contributed by atoms with van der Waals surface area (Å²) < 4.78 is 5.53. The summed E-state index contributed by atoms with van der Waals surface area (Å²) in [5, 5.41) is 3.99. The summed E-state index contributed by atoms with van der Waals surface area (Å²) in [6.45, 7) is 0. The number of hydrogen-bond acceptors (Lipinski definition) is 2. The monoisotopic (exact) mass is 287 g/mol. The predicted octanol–water partition coefficient (Wildman–Crippen LogP) is 4.47. The van der Waals surface area contributed by atoms with Gasteiger partial charge in [0.2, 0.25) is 0 Å². The van der Waals surface area contributed by atoms with Crippen LogP contribution in [0.5, 0.6) is 0 Å². The van der Waals surface area contributed by atoms with Crippen LogP contribution in [0.4, 0.5) is 0 Å². The molecular formula is C19H29NO. The fourth-order valence-electron chi connectivity index (χ4n) is 4.19. The van der Waals surface area contributed by atoms with Gasteiger partial charge in [0.15, 0.2) is 0 Å². The van der Waals surface area contributed by atoms with Crippen molar-refractivity contribution in [2.24, 2.45) is 5.92 Å². The second-order valence-electron chi connectivity index (χ2n) is 6.82. The molecule has 21 heavy (non-hydrogen) atoms. The van der Waals surface area contributed by atoms with Crippen LogP contribution in [0, 0.1) is 5.92 Å². The summed E-state index contributed by atoms with van der Waals surface area (Å²) in [7, 11) is 1.85. The molecule has 0 aromatic heterocycles. The topological polar surface area (TPSA) is 21.3 Å². The van der Waals surface area contributed by atoms with E-state index < -0.39 is 0 Å². The van der Waals surface area contributed by atoms with Gasteiger partial charge in [0.25, 0.3) is 0 Å². The van der Waals surface area contributed by atoms with Crippen molar-refractivity contribution in [1.29, 1.82) is 0 Å².